The molecule has 1 N–H and O–H groups in total. The molecular formula is C22H20BrNO5S2. The van der Waals surface area contributed by atoms with E-state index in [4.69, 9.17) is 9.15 Å². The largest absolute Gasteiger partial charge is 0.468 e. The number of esters is 1. The molecular weight excluding hydrogens is 502 g/mol. The molecule has 0 spiro atoms. The number of hydrogen-bond acceptors (Lipinski definition) is 6. The van der Waals surface area contributed by atoms with Crippen molar-refractivity contribution in [2.75, 3.05) is 7.11 Å². The van der Waals surface area contributed by atoms with Gasteiger partial charge in [-0.1, -0.05) is 19.9 Å². The number of sulfonamides is 1. The van der Waals surface area contributed by atoms with E-state index in [1.54, 1.807) is 37.3 Å². The Balaban J connectivity index is 1.74. The number of carbonyl (C=O) groups excluding carboxylic acids is 1. The van der Waals surface area contributed by atoms with Crippen LogP contribution >= 0.6 is 27.3 Å². The molecule has 9 heteroatoms. The summed E-state index contributed by atoms with van der Waals surface area (Å²) in [6.07, 6.45) is 0. The van der Waals surface area contributed by atoms with E-state index in [1.807, 2.05) is 30.3 Å². The van der Waals surface area contributed by atoms with E-state index in [-0.39, 0.29) is 10.8 Å². The van der Waals surface area contributed by atoms with Crippen LogP contribution in [0.25, 0.3) is 32.4 Å². The molecule has 4 aromatic rings. The number of rotatable bonds is 6. The maximum absolute atomic E-state index is 13.0. The molecule has 162 valence electrons. The van der Waals surface area contributed by atoms with Gasteiger partial charge in [-0.2, -0.15) is 4.72 Å². The topological polar surface area (TPSA) is 85.6 Å². The number of fused-ring (bicyclic) bond motifs is 3. The fourth-order valence-corrected chi connectivity index (χ4v) is 6.11. The molecule has 2 aromatic carbocycles. The second kappa shape index (κ2) is 8.38. The molecule has 0 aliphatic heterocycles. The van der Waals surface area contributed by atoms with Crippen molar-refractivity contribution >= 4 is 65.2 Å². The molecule has 2 aromatic heterocycles. The summed E-state index contributed by atoms with van der Waals surface area (Å²) in [6.45, 7) is 3.50. The molecule has 1 atom stereocenters. The van der Waals surface area contributed by atoms with Crippen molar-refractivity contribution in [1.82, 2.24) is 4.72 Å². The number of benzene rings is 2. The third-order valence-corrected chi connectivity index (χ3v) is 8.13. The Kier molecular flexibility index (Phi) is 5.95. The molecule has 0 unspecified atom stereocenters. The molecule has 0 fully saturated rings. The molecule has 0 aliphatic rings. The van der Waals surface area contributed by atoms with E-state index in [9.17, 15) is 13.2 Å². The Morgan fingerprint density at radius 3 is 2.48 bits per heavy atom. The average molecular weight is 522 g/mol. The van der Waals surface area contributed by atoms with Gasteiger partial charge in [-0.25, -0.2) is 8.42 Å². The third-order valence-electron chi connectivity index (χ3n) is 5.01. The van der Waals surface area contributed by atoms with E-state index in [2.05, 4.69) is 20.7 Å². The van der Waals surface area contributed by atoms with E-state index >= 15 is 0 Å². The van der Waals surface area contributed by atoms with Crippen molar-refractivity contribution in [2.24, 2.45) is 5.92 Å². The fourth-order valence-electron chi connectivity index (χ4n) is 3.36. The Morgan fingerprint density at radius 1 is 1.06 bits per heavy atom. The van der Waals surface area contributed by atoms with Crippen LogP contribution in [0.15, 0.2) is 61.6 Å². The van der Waals surface area contributed by atoms with Crippen molar-refractivity contribution in [3.05, 3.63) is 52.3 Å². The number of thiophene rings is 1. The van der Waals surface area contributed by atoms with Gasteiger partial charge in [-0.05, 0) is 69.9 Å². The quantitative estimate of drug-likeness (QED) is 0.336. The summed E-state index contributed by atoms with van der Waals surface area (Å²) in [5.74, 6) is -0.891. The highest BCUT2D eigenvalue weighted by molar-refractivity contribution is 9.11. The van der Waals surface area contributed by atoms with E-state index < -0.39 is 22.0 Å². The zero-order valence-corrected chi connectivity index (χ0v) is 20.2. The van der Waals surface area contributed by atoms with Crippen LogP contribution in [0.4, 0.5) is 0 Å². The van der Waals surface area contributed by atoms with Crippen LogP contribution in [0.1, 0.15) is 13.8 Å². The van der Waals surface area contributed by atoms with Crippen LogP contribution in [-0.4, -0.2) is 27.5 Å². The van der Waals surface area contributed by atoms with Crippen molar-refractivity contribution in [2.45, 2.75) is 24.8 Å². The minimum Gasteiger partial charge on any atom is -0.468 e. The SMILES string of the molecule is COC(=O)[C@H](NS(=O)(=O)c1ccc2oc3cc(-c4ccc(Br)s4)ccc3c2c1)C(C)C. The molecule has 4 rings (SSSR count). The molecule has 0 amide bonds. The van der Waals surface area contributed by atoms with Gasteiger partial charge in [0.1, 0.15) is 17.2 Å². The predicted molar refractivity (Wildman–Crippen MR) is 126 cm³/mol. The van der Waals surface area contributed by atoms with Crippen LogP contribution in [0.3, 0.4) is 0 Å². The predicted octanol–water partition coefficient (Wildman–Crippen LogP) is 5.55. The summed E-state index contributed by atoms with van der Waals surface area (Å²) < 4.78 is 40.1. The maximum atomic E-state index is 13.0. The first-order valence-corrected chi connectivity index (χ1v) is 12.6. The first-order valence-electron chi connectivity index (χ1n) is 9.52. The van der Waals surface area contributed by atoms with E-state index in [0.717, 1.165) is 19.6 Å². The third kappa shape index (κ3) is 4.27. The highest BCUT2D eigenvalue weighted by Crippen LogP contribution is 2.36. The monoisotopic (exact) mass is 521 g/mol. The lowest BCUT2D eigenvalue weighted by Gasteiger charge is -2.19. The first-order chi connectivity index (χ1) is 14.7. The standard InChI is InChI=1S/C22H20BrNO5S2/c1-12(2)21(22(25)28-3)24-31(26,27)14-5-7-17-16(11-14)15-6-4-13(10-18(15)29-17)19-8-9-20(23)30-19/h4-12,21,24H,1-3H3/t21-/m1/s1. The average Bonchev–Trinajstić information content (AvgIpc) is 3.33. The van der Waals surface area contributed by atoms with E-state index in [0.29, 0.717) is 16.6 Å². The Bertz CT molecular complexity index is 1390. The van der Waals surface area contributed by atoms with Gasteiger partial charge < -0.3 is 9.15 Å². The maximum Gasteiger partial charge on any atom is 0.324 e. The van der Waals surface area contributed by atoms with Crippen LogP contribution in [-0.2, 0) is 19.6 Å². The van der Waals surface area contributed by atoms with Gasteiger partial charge in [-0.3, -0.25) is 4.79 Å². The minimum absolute atomic E-state index is 0.0588. The first kappa shape index (κ1) is 22.0. The van der Waals surface area contributed by atoms with Crippen LogP contribution in [0.5, 0.6) is 0 Å². The van der Waals surface area contributed by atoms with Crippen LogP contribution in [0, 0.1) is 5.92 Å². The molecule has 0 aliphatic carbocycles. The van der Waals surface area contributed by atoms with Crippen molar-refractivity contribution < 1.29 is 22.4 Å². The molecule has 31 heavy (non-hydrogen) atoms. The zero-order valence-electron chi connectivity index (χ0n) is 17.0. The highest BCUT2D eigenvalue weighted by Gasteiger charge is 2.29. The number of carbonyl (C=O) groups is 1. The zero-order chi connectivity index (χ0) is 22.3. The molecule has 0 saturated carbocycles. The van der Waals surface area contributed by atoms with Crippen molar-refractivity contribution in [1.29, 1.82) is 0 Å². The summed E-state index contributed by atoms with van der Waals surface area (Å²) in [6, 6.07) is 13.6. The smallest absolute Gasteiger partial charge is 0.324 e. The summed E-state index contributed by atoms with van der Waals surface area (Å²) in [5, 5.41) is 1.51. The minimum atomic E-state index is -3.94. The second-order valence-corrected chi connectivity index (χ2v) is 11.6. The van der Waals surface area contributed by atoms with Gasteiger partial charge in [0.05, 0.1) is 15.8 Å². The normalized spacial score (nSPS) is 13.2. The number of halogens is 1. The molecule has 6 nitrogen and oxygen atoms in total. The summed E-state index contributed by atoms with van der Waals surface area (Å²) in [4.78, 5) is 13.2. The second-order valence-electron chi connectivity index (χ2n) is 7.44. The lowest BCUT2D eigenvalue weighted by atomic mass is 10.1. The highest BCUT2D eigenvalue weighted by atomic mass is 79.9. The number of nitrogens with one attached hydrogen (secondary N) is 1. The fraction of sp³-hybridized carbons (Fsp3) is 0.227. The lowest BCUT2D eigenvalue weighted by molar-refractivity contribution is -0.143. The van der Waals surface area contributed by atoms with Gasteiger partial charge in [-0.15, -0.1) is 11.3 Å². The summed E-state index contributed by atoms with van der Waals surface area (Å²) in [7, 11) is -2.71. The Morgan fingerprint density at radius 2 is 1.84 bits per heavy atom. The van der Waals surface area contributed by atoms with Crippen molar-refractivity contribution in [3.8, 4) is 10.4 Å². The van der Waals surface area contributed by atoms with Gasteiger partial charge in [0, 0.05) is 15.6 Å². The number of hydrogen-bond donors (Lipinski definition) is 1. The number of methoxy groups -OCH3 is 1. The van der Waals surface area contributed by atoms with Gasteiger partial charge in [0.2, 0.25) is 10.0 Å². The van der Waals surface area contributed by atoms with Gasteiger partial charge in [0.25, 0.3) is 0 Å². The van der Waals surface area contributed by atoms with Crippen LogP contribution < -0.4 is 4.72 Å². The number of furan rings is 1. The number of ether oxygens (including phenoxy) is 1. The lowest BCUT2D eigenvalue weighted by Crippen LogP contribution is -2.44. The molecule has 2 heterocycles. The molecule has 0 bridgehead atoms. The Hall–Kier alpha value is -2.20. The van der Waals surface area contributed by atoms with Gasteiger partial charge >= 0.3 is 5.97 Å². The summed E-state index contributed by atoms with van der Waals surface area (Å²) in [5.41, 5.74) is 2.29. The molecule has 0 radical (unpaired) electrons. The molecule has 0 saturated heterocycles. The van der Waals surface area contributed by atoms with Crippen LogP contribution in [0.2, 0.25) is 0 Å². The Labute approximate surface area is 192 Å². The van der Waals surface area contributed by atoms with E-state index in [1.165, 1.54) is 13.2 Å². The summed E-state index contributed by atoms with van der Waals surface area (Å²) >= 11 is 5.10. The van der Waals surface area contributed by atoms with Crippen molar-refractivity contribution in [3.63, 3.8) is 0 Å². The van der Waals surface area contributed by atoms with Gasteiger partial charge in [0.15, 0.2) is 0 Å².